The summed E-state index contributed by atoms with van der Waals surface area (Å²) in [6.07, 6.45) is -0.0129. The third kappa shape index (κ3) is 6.30. The van der Waals surface area contributed by atoms with E-state index in [-0.39, 0.29) is 0 Å². The summed E-state index contributed by atoms with van der Waals surface area (Å²) in [5.74, 6) is 0.00399. The number of hydrogen-bond acceptors (Lipinski definition) is 4. The highest BCUT2D eigenvalue weighted by molar-refractivity contribution is 6.29. The average Bonchev–Trinajstić information content (AvgIpc) is 2.66. The molecule has 1 unspecified atom stereocenters. The Morgan fingerprint density at radius 1 is 1.03 bits per heavy atom. The SMILES string of the molecule is CC(C)(C)OC(=O)NC(C)(C(=O)C=[N+]=[N-])c1ccc(OCc2ccccc2)cc1. The van der Waals surface area contributed by atoms with E-state index in [0.29, 0.717) is 17.9 Å². The Hall–Kier alpha value is -3.44. The minimum atomic E-state index is -1.48. The summed E-state index contributed by atoms with van der Waals surface area (Å²) >= 11 is 0. The van der Waals surface area contributed by atoms with Crippen molar-refractivity contribution in [2.24, 2.45) is 0 Å². The van der Waals surface area contributed by atoms with Gasteiger partial charge in [-0.2, -0.15) is 4.79 Å². The van der Waals surface area contributed by atoms with Crippen LogP contribution < -0.4 is 10.1 Å². The summed E-state index contributed by atoms with van der Waals surface area (Å²) in [6.45, 7) is 7.09. The minimum absolute atomic E-state index is 0.406. The van der Waals surface area contributed by atoms with Crippen molar-refractivity contribution in [1.82, 2.24) is 5.32 Å². The second kappa shape index (κ2) is 9.17. The van der Waals surface area contributed by atoms with Gasteiger partial charge in [0.1, 0.15) is 23.5 Å². The lowest BCUT2D eigenvalue weighted by atomic mass is 9.88. The van der Waals surface area contributed by atoms with Crippen LogP contribution in [0.4, 0.5) is 4.79 Å². The highest BCUT2D eigenvalue weighted by Gasteiger charge is 2.39. The van der Waals surface area contributed by atoms with Gasteiger partial charge >= 0.3 is 12.3 Å². The van der Waals surface area contributed by atoms with Gasteiger partial charge in [-0.1, -0.05) is 42.5 Å². The van der Waals surface area contributed by atoms with E-state index in [2.05, 4.69) is 10.1 Å². The zero-order chi connectivity index (χ0) is 21.5. The molecule has 1 N–H and O–H groups in total. The molecule has 1 amide bonds. The molecular weight excluding hydrogens is 370 g/mol. The molecule has 0 saturated heterocycles. The first-order chi connectivity index (χ1) is 13.6. The molecule has 0 bridgehead atoms. The van der Waals surface area contributed by atoms with Crippen molar-refractivity contribution >= 4 is 18.1 Å². The molecule has 2 aromatic rings. The van der Waals surface area contributed by atoms with Gasteiger partial charge in [-0.3, -0.25) is 4.79 Å². The fraction of sp³-hybridized carbons (Fsp3) is 0.318. The Balaban J connectivity index is 2.20. The molecule has 0 aliphatic carbocycles. The lowest BCUT2D eigenvalue weighted by molar-refractivity contribution is -0.121. The molecule has 0 radical (unpaired) electrons. The van der Waals surface area contributed by atoms with Crippen LogP contribution in [-0.4, -0.2) is 28.5 Å². The predicted octanol–water partition coefficient (Wildman–Crippen LogP) is 3.88. The second-order valence-electron chi connectivity index (χ2n) is 7.66. The topological polar surface area (TPSA) is 101 Å². The van der Waals surface area contributed by atoms with Crippen molar-refractivity contribution in [1.29, 1.82) is 0 Å². The van der Waals surface area contributed by atoms with E-state index in [1.807, 2.05) is 30.3 Å². The number of carbonyl (C=O) groups is 2. The van der Waals surface area contributed by atoms with Gasteiger partial charge in [0.25, 0.3) is 5.78 Å². The fourth-order valence-corrected chi connectivity index (χ4v) is 2.59. The number of carbonyl (C=O) groups excluding carboxylic acids is 2. The number of nitrogens with zero attached hydrogens (tertiary/aromatic N) is 2. The van der Waals surface area contributed by atoms with Gasteiger partial charge in [0.15, 0.2) is 0 Å². The van der Waals surface area contributed by atoms with E-state index >= 15 is 0 Å². The van der Waals surface area contributed by atoms with Crippen molar-refractivity contribution < 1.29 is 23.9 Å². The Bertz CT molecular complexity index is 898. The molecule has 29 heavy (non-hydrogen) atoms. The molecule has 1 atom stereocenters. The van der Waals surface area contributed by atoms with Crippen LogP contribution in [0, 0.1) is 0 Å². The first-order valence-electron chi connectivity index (χ1n) is 9.14. The number of Topliss-reactive ketones (excluding diaryl/α,β-unsaturated/α-hetero) is 1. The van der Waals surface area contributed by atoms with Gasteiger partial charge in [0.2, 0.25) is 0 Å². The van der Waals surface area contributed by atoms with Crippen LogP contribution in [0.1, 0.15) is 38.8 Å². The van der Waals surface area contributed by atoms with E-state index in [1.165, 1.54) is 6.92 Å². The summed E-state index contributed by atoms with van der Waals surface area (Å²) in [4.78, 5) is 27.6. The van der Waals surface area contributed by atoms with Crippen LogP contribution in [0.15, 0.2) is 54.6 Å². The summed E-state index contributed by atoms with van der Waals surface area (Å²) in [5, 5.41) is 2.57. The number of ether oxygens (including phenoxy) is 2. The van der Waals surface area contributed by atoms with Crippen LogP contribution in [0.2, 0.25) is 0 Å². The van der Waals surface area contributed by atoms with E-state index in [0.717, 1.165) is 11.8 Å². The van der Waals surface area contributed by atoms with Gasteiger partial charge in [-0.25, -0.2) is 4.79 Å². The van der Waals surface area contributed by atoms with Crippen molar-refractivity contribution in [3.63, 3.8) is 0 Å². The smallest absolute Gasteiger partial charge is 0.408 e. The van der Waals surface area contributed by atoms with E-state index in [1.54, 1.807) is 45.0 Å². The first-order valence-corrected chi connectivity index (χ1v) is 9.14. The highest BCUT2D eigenvalue weighted by atomic mass is 16.6. The van der Waals surface area contributed by atoms with Crippen LogP contribution in [0.25, 0.3) is 5.53 Å². The third-order valence-corrected chi connectivity index (χ3v) is 4.10. The Morgan fingerprint density at radius 3 is 2.21 bits per heavy atom. The predicted molar refractivity (Wildman–Crippen MR) is 109 cm³/mol. The molecule has 0 aliphatic heterocycles. The number of nitrogens with one attached hydrogen (secondary N) is 1. The fourth-order valence-electron chi connectivity index (χ4n) is 2.59. The van der Waals surface area contributed by atoms with Gasteiger partial charge in [0, 0.05) is 0 Å². The van der Waals surface area contributed by atoms with Crippen molar-refractivity contribution in [2.75, 3.05) is 0 Å². The standard InChI is InChI=1S/C22H25N3O4/c1-21(2,3)29-20(27)25-22(4,19(26)14-24-23)17-10-12-18(13-11-17)28-15-16-8-6-5-7-9-16/h5-14H,15H2,1-4H3,(H,25,27). The summed E-state index contributed by atoms with van der Waals surface area (Å²) in [5.41, 5.74) is 8.08. The number of amides is 1. The molecule has 152 valence electrons. The molecule has 2 aromatic carbocycles. The van der Waals surface area contributed by atoms with Crippen molar-refractivity contribution in [2.45, 2.75) is 45.4 Å². The molecule has 0 spiro atoms. The Labute approximate surface area is 170 Å². The molecule has 0 aliphatic rings. The average molecular weight is 395 g/mol. The molecule has 0 aromatic heterocycles. The third-order valence-electron chi connectivity index (χ3n) is 4.10. The van der Waals surface area contributed by atoms with Crippen LogP contribution in [-0.2, 0) is 21.7 Å². The summed E-state index contributed by atoms with van der Waals surface area (Å²) in [6, 6.07) is 16.5. The largest absolute Gasteiger partial charge is 0.489 e. The second-order valence-corrected chi connectivity index (χ2v) is 7.66. The van der Waals surface area contributed by atoms with Gasteiger partial charge in [-0.05, 0) is 51.0 Å². The lowest BCUT2D eigenvalue weighted by Crippen LogP contribution is -2.51. The maximum absolute atomic E-state index is 12.6. The Morgan fingerprint density at radius 2 is 1.66 bits per heavy atom. The van der Waals surface area contributed by atoms with Gasteiger partial charge < -0.3 is 20.3 Å². The van der Waals surface area contributed by atoms with Gasteiger partial charge in [-0.15, -0.1) is 0 Å². The lowest BCUT2D eigenvalue weighted by Gasteiger charge is -2.29. The maximum Gasteiger partial charge on any atom is 0.408 e. The molecule has 0 saturated carbocycles. The molecule has 7 nitrogen and oxygen atoms in total. The molecule has 0 fully saturated rings. The van der Waals surface area contributed by atoms with Gasteiger partial charge in [0.05, 0.1) is 0 Å². The number of hydrogen-bond donors (Lipinski definition) is 1. The summed E-state index contributed by atoms with van der Waals surface area (Å²) in [7, 11) is 0. The van der Waals surface area contributed by atoms with Crippen molar-refractivity contribution in [3.05, 3.63) is 71.3 Å². The van der Waals surface area contributed by atoms with E-state index < -0.39 is 23.0 Å². The number of rotatable bonds is 7. The molecule has 7 heteroatoms. The molecule has 0 heterocycles. The maximum atomic E-state index is 12.6. The first kappa shape index (κ1) is 21.9. The number of alkyl carbamates (subject to hydrolysis) is 1. The number of ketones is 1. The Kier molecular flexibility index (Phi) is 6.91. The van der Waals surface area contributed by atoms with Crippen LogP contribution >= 0.6 is 0 Å². The summed E-state index contributed by atoms with van der Waals surface area (Å²) < 4.78 is 11.0. The van der Waals surface area contributed by atoms with Crippen molar-refractivity contribution in [3.8, 4) is 5.75 Å². The van der Waals surface area contributed by atoms with Crippen LogP contribution in [0.5, 0.6) is 5.75 Å². The van der Waals surface area contributed by atoms with Crippen LogP contribution in [0.3, 0.4) is 0 Å². The normalized spacial score (nSPS) is 12.8. The monoisotopic (exact) mass is 395 g/mol. The number of benzene rings is 2. The minimum Gasteiger partial charge on any atom is -0.489 e. The molecule has 2 rings (SSSR count). The molecular formula is C22H25N3O4. The van der Waals surface area contributed by atoms with E-state index in [9.17, 15) is 9.59 Å². The highest BCUT2D eigenvalue weighted by Crippen LogP contribution is 2.25. The van der Waals surface area contributed by atoms with E-state index in [4.69, 9.17) is 15.0 Å². The quantitative estimate of drug-likeness (QED) is 0.437. The zero-order valence-electron chi connectivity index (χ0n) is 17.0. The zero-order valence-corrected chi connectivity index (χ0v) is 17.0.